The molecule has 0 fully saturated rings. The van der Waals surface area contributed by atoms with Crippen molar-refractivity contribution < 1.29 is 14.1 Å². The highest BCUT2D eigenvalue weighted by molar-refractivity contribution is 7.18. The minimum absolute atomic E-state index is 0.0399. The molecule has 0 saturated carbocycles. The second kappa shape index (κ2) is 8.55. The van der Waals surface area contributed by atoms with Gasteiger partial charge < -0.3 is 4.52 Å². The lowest BCUT2D eigenvalue weighted by atomic mass is 9.99. The van der Waals surface area contributed by atoms with Crippen molar-refractivity contribution in [2.45, 2.75) is 12.8 Å². The first-order valence-corrected chi connectivity index (χ1v) is 10.2. The van der Waals surface area contributed by atoms with Crippen LogP contribution < -0.4 is 0 Å². The van der Waals surface area contributed by atoms with Crippen LogP contribution in [0.1, 0.15) is 32.2 Å². The highest BCUT2D eigenvalue weighted by Crippen LogP contribution is 2.27. The smallest absolute Gasteiger partial charge is 0.173 e. The topological polar surface area (TPSA) is 60.2 Å². The van der Waals surface area contributed by atoms with Crippen LogP contribution in [0.5, 0.6) is 0 Å². The van der Waals surface area contributed by atoms with Crippen LogP contribution in [0.3, 0.4) is 0 Å². The Morgan fingerprint density at radius 3 is 2.52 bits per heavy atom. The lowest BCUT2D eigenvalue weighted by Gasteiger charge is -2.05. The number of nitrogens with zero attached hydrogens (tertiary/aromatic N) is 1. The zero-order valence-electron chi connectivity index (χ0n) is 15.3. The summed E-state index contributed by atoms with van der Waals surface area (Å²) >= 11 is 7.16. The molecule has 4 nitrogen and oxygen atoms in total. The molecular weight excluding hydrogens is 406 g/mol. The maximum atomic E-state index is 12.2. The molecule has 0 amide bonds. The first kappa shape index (κ1) is 19.3. The van der Waals surface area contributed by atoms with E-state index in [2.05, 4.69) is 5.16 Å². The number of halogens is 1. The summed E-state index contributed by atoms with van der Waals surface area (Å²) in [5.74, 6) is 0.699. The van der Waals surface area contributed by atoms with Crippen molar-refractivity contribution in [3.8, 4) is 22.4 Å². The Labute approximate surface area is 176 Å². The molecule has 0 N–H and O–H groups in total. The van der Waals surface area contributed by atoms with Crippen molar-refractivity contribution >= 4 is 35.0 Å². The van der Waals surface area contributed by atoms with Gasteiger partial charge in [0.2, 0.25) is 0 Å². The van der Waals surface area contributed by atoms with Gasteiger partial charge in [0.05, 0.1) is 9.21 Å². The molecule has 6 heteroatoms. The van der Waals surface area contributed by atoms with Crippen molar-refractivity contribution in [3.05, 3.63) is 87.3 Å². The van der Waals surface area contributed by atoms with Crippen LogP contribution in [0.4, 0.5) is 0 Å². The summed E-state index contributed by atoms with van der Waals surface area (Å²) in [7, 11) is 0. The normalized spacial score (nSPS) is 10.8. The van der Waals surface area contributed by atoms with Gasteiger partial charge in [-0.2, -0.15) is 0 Å². The third kappa shape index (κ3) is 4.36. The zero-order valence-corrected chi connectivity index (χ0v) is 16.9. The number of rotatable bonds is 7. The van der Waals surface area contributed by atoms with Gasteiger partial charge >= 0.3 is 0 Å². The first-order chi connectivity index (χ1) is 14.1. The van der Waals surface area contributed by atoms with Crippen LogP contribution in [-0.2, 0) is 6.42 Å². The van der Waals surface area contributed by atoms with E-state index in [1.165, 1.54) is 11.3 Å². The van der Waals surface area contributed by atoms with Crippen LogP contribution >= 0.6 is 22.9 Å². The second-order valence-corrected chi connectivity index (χ2v) is 8.20. The van der Waals surface area contributed by atoms with Gasteiger partial charge in [0.1, 0.15) is 11.5 Å². The van der Waals surface area contributed by atoms with Crippen molar-refractivity contribution in [2.24, 2.45) is 0 Å². The number of hydrogen-bond acceptors (Lipinski definition) is 5. The number of ketones is 1. The largest absolute Gasteiger partial charge is 0.361 e. The Bertz CT molecular complexity index is 1160. The van der Waals surface area contributed by atoms with Gasteiger partial charge in [0.25, 0.3) is 0 Å². The monoisotopic (exact) mass is 421 g/mol. The Hall–Kier alpha value is -3.02. The average molecular weight is 422 g/mol. The van der Waals surface area contributed by atoms with Gasteiger partial charge in [-0.1, -0.05) is 65.3 Å². The Morgan fingerprint density at radius 2 is 1.79 bits per heavy atom. The van der Waals surface area contributed by atoms with Crippen LogP contribution in [-0.4, -0.2) is 17.2 Å². The molecule has 0 unspecified atom stereocenters. The van der Waals surface area contributed by atoms with Crippen molar-refractivity contribution in [1.82, 2.24) is 5.16 Å². The van der Waals surface area contributed by atoms with E-state index in [9.17, 15) is 9.59 Å². The maximum absolute atomic E-state index is 12.2. The molecule has 4 aromatic rings. The Kier molecular flexibility index (Phi) is 5.69. The molecule has 144 valence electrons. The number of aryl methyl sites for hydroxylation is 1. The van der Waals surface area contributed by atoms with Crippen molar-refractivity contribution in [2.75, 3.05) is 0 Å². The lowest BCUT2D eigenvalue weighted by Crippen LogP contribution is -1.97. The highest BCUT2D eigenvalue weighted by Gasteiger charge is 2.12. The van der Waals surface area contributed by atoms with Gasteiger partial charge in [-0.25, -0.2) is 0 Å². The van der Waals surface area contributed by atoms with Gasteiger partial charge in [0.15, 0.2) is 12.1 Å². The fraction of sp³-hybridized carbons (Fsp3) is 0.0870. The molecule has 0 radical (unpaired) electrons. The van der Waals surface area contributed by atoms with E-state index in [-0.39, 0.29) is 5.78 Å². The predicted octanol–water partition coefficient (Wildman–Crippen LogP) is 6.35. The Balaban J connectivity index is 1.45. The van der Waals surface area contributed by atoms with Crippen molar-refractivity contribution in [1.29, 1.82) is 0 Å². The van der Waals surface area contributed by atoms with E-state index < -0.39 is 0 Å². The number of aldehydes is 1. The Morgan fingerprint density at radius 1 is 1.03 bits per heavy atom. The lowest BCUT2D eigenvalue weighted by molar-refractivity contribution is 0.0983. The summed E-state index contributed by atoms with van der Waals surface area (Å²) < 4.78 is 6.00. The second-order valence-electron chi connectivity index (χ2n) is 6.49. The summed E-state index contributed by atoms with van der Waals surface area (Å²) in [5, 5.41) is 4.12. The third-order valence-electron chi connectivity index (χ3n) is 4.58. The van der Waals surface area contributed by atoms with E-state index in [4.69, 9.17) is 16.1 Å². The molecule has 0 aliphatic carbocycles. The third-order valence-corrected chi connectivity index (χ3v) is 5.86. The zero-order chi connectivity index (χ0) is 20.2. The number of hydrogen-bond donors (Lipinski definition) is 0. The van der Waals surface area contributed by atoms with E-state index >= 15 is 0 Å². The molecule has 4 rings (SSSR count). The molecule has 0 saturated heterocycles. The van der Waals surface area contributed by atoms with Gasteiger partial charge in [-0.3, -0.25) is 9.59 Å². The van der Waals surface area contributed by atoms with Crippen LogP contribution in [0.2, 0.25) is 4.34 Å². The minimum Gasteiger partial charge on any atom is -0.361 e. The molecule has 0 aliphatic heterocycles. The number of thiophene rings is 1. The van der Waals surface area contributed by atoms with Crippen molar-refractivity contribution in [3.63, 3.8) is 0 Å². The number of carbonyl (C=O) groups is 2. The minimum atomic E-state index is 0.0399. The fourth-order valence-corrected chi connectivity index (χ4v) is 4.08. The molecule has 0 spiro atoms. The van der Waals surface area contributed by atoms with Gasteiger partial charge in [0, 0.05) is 30.0 Å². The quantitative estimate of drug-likeness (QED) is 0.257. The molecule has 0 atom stereocenters. The molecule has 2 heterocycles. The molecular formula is C23H16ClNO3S. The summed E-state index contributed by atoms with van der Waals surface area (Å²) in [5.41, 5.74) is 4.12. The maximum Gasteiger partial charge on any atom is 0.173 e. The number of Topliss-reactive ketones (excluding diaryl/α,β-unsaturated/α-hetero) is 1. The first-order valence-electron chi connectivity index (χ1n) is 9.03. The molecule has 2 aromatic heterocycles. The highest BCUT2D eigenvalue weighted by atomic mass is 35.5. The van der Waals surface area contributed by atoms with Gasteiger partial charge in [-0.15, -0.1) is 11.3 Å². The van der Waals surface area contributed by atoms with Crippen LogP contribution in [0, 0.1) is 0 Å². The molecule has 29 heavy (non-hydrogen) atoms. The summed E-state index contributed by atoms with van der Waals surface area (Å²) in [6.45, 7) is 0. The number of benzene rings is 2. The fourth-order valence-electron chi connectivity index (χ4n) is 3.07. The van der Waals surface area contributed by atoms with E-state index in [1.54, 1.807) is 18.2 Å². The standard InChI is InChI=1S/C23H16ClNO3S/c24-23-12-11-22(29-23)21(27)10-9-18-13-20(25-28-18)16-7-5-15(6-8-16)19-4-2-1-3-17(19)14-26/h1-8,11-14H,9-10H2. The number of aromatic nitrogens is 1. The summed E-state index contributed by atoms with van der Waals surface area (Å²) in [6.07, 6.45) is 1.68. The summed E-state index contributed by atoms with van der Waals surface area (Å²) in [4.78, 5) is 24.1. The van der Waals surface area contributed by atoms with Crippen LogP contribution in [0.15, 0.2) is 71.3 Å². The summed E-state index contributed by atoms with van der Waals surface area (Å²) in [6, 6.07) is 20.6. The van der Waals surface area contributed by atoms with Gasteiger partial charge in [-0.05, 0) is 23.3 Å². The number of carbonyl (C=O) groups excluding carboxylic acids is 2. The predicted molar refractivity (Wildman–Crippen MR) is 115 cm³/mol. The molecule has 2 aromatic carbocycles. The van der Waals surface area contributed by atoms with E-state index in [0.29, 0.717) is 39.1 Å². The molecule has 0 aliphatic rings. The van der Waals surface area contributed by atoms with Crippen LogP contribution in [0.25, 0.3) is 22.4 Å². The molecule has 0 bridgehead atoms. The van der Waals surface area contributed by atoms with E-state index in [1.807, 2.05) is 48.5 Å². The van der Waals surface area contributed by atoms with E-state index in [0.717, 1.165) is 23.0 Å². The SMILES string of the molecule is O=Cc1ccccc1-c1ccc(-c2cc(CCC(=O)c3ccc(Cl)s3)on2)cc1. The average Bonchev–Trinajstić information content (AvgIpc) is 3.41.